The Morgan fingerprint density at radius 2 is 1.88 bits per heavy atom. The Kier molecular flexibility index (Phi) is 6.25. The molecule has 2 aromatic rings. The number of aliphatic hydroxyl groups excluding tert-OH is 3. The molecule has 5 atom stereocenters. The highest BCUT2D eigenvalue weighted by molar-refractivity contribution is 6.22. The third kappa shape index (κ3) is 3.93. The summed E-state index contributed by atoms with van der Waals surface area (Å²) in [4.78, 5) is 43.2. The number of allylic oxidation sites excluding steroid dienone is 2. The van der Waals surface area contributed by atoms with Gasteiger partial charge in [0.2, 0.25) is 0 Å². The Balaban J connectivity index is 1.42. The van der Waals surface area contributed by atoms with Gasteiger partial charge in [-0.2, -0.15) is 0 Å². The second-order valence-electron chi connectivity index (χ2n) is 11.8. The Hall–Kier alpha value is -3.73. The number of fused-ring (bicyclic) bond motifs is 4. The molecule has 1 saturated heterocycles. The number of aliphatic hydroxyl groups is 3. The van der Waals surface area contributed by atoms with E-state index >= 15 is 0 Å². The third-order valence-electron chi connectivity index (χ3n) is 9.09. The topological polar surface area (TPSA) is 165 Å². The van der Waals surface area contributed by atoms with Crippen LogP contribution in [0.1, 0.15) is 34.3 Å². The summed E-state index contributed by atoms with van der Waals surface area (Å²) in [7, 11) is 3.41. The Morgan fingerprint density at radius 3 is 2.52 bits per heavy atom. The standard InChI is InChI=1S/C30H33N3O7/c1-32(2)24-19-10-16-9-15-8-14-4-3-13(11-33-6-5-17(34)12-33)7-18(14)25(35)20(15)26(36)21(16)27(37)22(19)28(38)23(29(24)39)30(31)40/h3-4,7-8,16-17,19,22,24,34-35,37,39H,5-6,9-12H2,1-2H3,(H2,31,40)/t16-,17-,19?,22?,24-/m0/s1. The van der Waals surface area contributed by atoms with E-state index in [1.54, 1.807) is 19.0 Å². The first-order valence-corrected chi connectivity index (χ1v) is 13.6. The number of phenolic OH excluding ortho intramolecular Hbond substituents is 1. The molecule has 0 aromatic heterocycles. The summed E-state index contributed by atoms with van der Waals surface area (Å²) in [6.07, 6.45) is 1.06. The van der Waals surface area contributed by atoms with Crippen LogP contribution in [0, 0.1) is 17.8 Å². The molecule has 4 aliphatic rings. The predicted octanol–water partition coefficient (Wildman–Crippen LogP) is 1.73. The highest BCUT2D eigenvalue weighted by Crippen LogP contribution is 2.51. The van der Waals surface area contributed by atoms with Gasteiger partial charge in [-0.25, -0.2) is 0 Å². The molecule has 2 unspecified atom stereocenters. The van der Waals surface area contributed by atoms with Crippen LogP contribution < -0.4 is 5.73 Å². The summed E-state index contributed by atoms with van der Waals surface area (Å²) >= 11 is 0. The summed E-state index contributed by atoms with van der Waals surface area (Å²) in [5, 5.41) is 44.8. The van der Waals surface area contributed by atoms with Crippen molar-refractivity contribution in [3.8, 4) is 5.75 Å². The van der Waals surface area contributed by atoms with E-state index in [0.717, 1.165) is 23.9 Å². The van der Waals surface area contributed by atoms with E-state index in [-0.39, 0.29) is 23.0 Å². The van der Waals surface area contributed by atoms with Crippen LogP contribution in [0.25, 0.3) is 10.8 Å². The van der Waals surface area contributed by atoms with Gasteiger partial charge in [0.1, 0.15) is 22.8 Å². The molecule has 1 fully saturated rings. The van der Waals surface area contributed by atoms with Gasteiger partial charge in [-0.1, -0.05) is 18.2 Å². The maximum atomic E-state index is 13.9. The molecule has 6 rings (SSSR count). The second-order valence-corrected chi connectivity index (χ2v) is 11.8. The molecule has 0 bridgehead atoms. The molecule has 0 saturated carbocycles. The number of nitrogens with two attached hydrogens (primary N) is 1. The largest absolute Gasteiger partial charge is 0.511 e. The van der Waals surface area contributed by atoms with E-state index in [2.05, 4.69) is 4.90 Å². The number of carbonyl (C=O) groups is 3. The summed E-state index contributed by atoms with van der Waals surface area (Å²) in [5.41, 5.74) is 6.66. The van der Waals surface area contributed by atoms with Crippen molar-refractivity contribution in [2.24, 2.45) is 23.5 Å². The molecule has 1 amide bonds. The van der Waals surface area contributed by atoms with Crippen molar-refractivity contribution in [2.75, 3.05) is 27.2 Å². The molecule has 1 heterocycles. The average Bonchev–Trinajstić information content (AvgIpc) is 3.27. The van der Waals surface area contributed by atoms with E-state index in [0.29, 0.717) is 36.9 Å². The number of benzene rings is 2. The predicted molar refractivity (Wildman–Crippen MR) is 146 cm³/mol. The Morgan fingerprint density at radius 1 is 1.12 bits per heavy atom. The van der Waals surface area contributed by atoms with E-state index in [1.165, 1.54) is 0 Å². The van der Waals surface area contributed by atoms with Crippen LogP contribution >= 0.6 is 0 Å². The van der Waals surface area contributed by atoms with Gasteiger partial charge < -0.3 is 26.2 Å². The lowest BCUT2D eigenvalue weighted by atomic mass is 9.61. The fourth-order valence-corrected chi connectivity index (χ4v) is 7.39. The first-order chi connectivity index (χ1) is 19.0. The van der Waals surface area contributed by atoms with Crippen molar-refractivity contribution < 1.29 is 34.8 Å². The highest BCUT2D eigenvalue weighted by atomic mass is 16.3. The lowest BCUT2D eigenvalue weighted by Crippen LogP contribution is -2.53. The molecular weight excluding hydrogens is 514 g/mol. The molecule has 210 valence electrons. The zero-order chi connectivity index (χ0) is 28.6. The van der Waals surface area contributed by atoms with Crippen molar-refractivity contribution in [3.63, 3.8) is 0 Å². The Labute approximate surface area is 231 Å². The van der Waals surface area contributed by atoms with Crippen molar-refractivity contribution in [1.29, 1.82) is 0 Å². The number of likely N-dealkylation sites (tertiary alicyclic amines) is 1. The molecule has 2 aromatic carbocycles. The maximum Gasteiger partial charge on any atom is 0.255 e. The zero-order valence-corrected chi connectivity index (χ0v) is 22.4. The van der Waals surface area contributed by atoms with Crippen LogP contribution in [0.15, 0.2) is 46.9 Å². The van der Waals surface area contributed by atoms with Crippen LogP contribution in [-0.2, 0) is 22.6 Å². The minimum absolute atomic E-state index is 0.0710. The number of likely N-dealkylation sites (N-methyl/N-ethyl adjacent to an activating group) is 1. The smallest absolute Gasteiger partial charge is 0.255 e. The molecule has 40 heavy (non-hydrogen) atoms. The van der Waals surface area contributed by atoms with Crippen molar-refractivity contribution in [1.82, 2.24) is 9.80 Å². The minimum Gasteiger partial charge on any atom is -0.511 e. The van der Waals surface area contributed by atoms with Crippen LogP contribution in [0.2, 0.25) is 0 Å². The normalized spacial score (nSPS) is 28.8. The van der Waals surface area contributed by atoms with E-state index in [1.807, 2.05) is 24.3 Å². The lowest BCUT2D eigenvalue weighted by molar-refractivity contribution is -0.127. The number of primary amides is 1. The van der Waals surface area contributed by atoms with Crippen LogP contribution in [0.4, 0.5) is 0 Å². The van der Waals surface area contributed by atoms with E-state index in [9.17, 15) is 34.8 Å². The van der Waals surface area contributed by atoms with Gasteiger partial charge >= 0.3 is 0 Å². The quantitative estimate of drug-likeness (QED) is 0.359. The van der Waals surface area contributed by atoms with Crippen molar-refractivity contribution in [2.45, 2.75) is 38.0 Å². The number of hydrogen-bond acceptors (Lipinski definition) is 9. The van der Waals surface area contributed by atoms with Gasteiger partial charge in [0.05, 0.1) is 23.6 Å². The number of nitrogens with zero attached hydrogens (tertiary/aromatic N) is 2. The number of carbonyl (C=O) groups excluding carboxylic acids is 3. The van der Waals surface area contributed by atoms with Crippen molar-refractivity contribution in [3.05, 3.63) is 63.6 Å². The van der Waals surface area contributed by atoms with Crippen molar-refractivity contribution >= 4 is 28.2 Å². The molecule has 0 spiro atoms. The van der Waals surface area contributed by atoms with Gasteiger partial charge in [-0.15, -0.1) is 0 Å². The van der Waals surface area contributed by atoms with Gasteiger partial charge in [0.15, 0.2) is 11.6 Å². The van der Waals surface area contributed by atoms with Crippen LogP contribution in [-0.4, -0.2) is 87.0 Å². The monoisotopic (exact) mass is 547 g/mol. The first-order valence-electron chi connectivity index (χ1n) is 13.6. The number of amides is 1. The van der Waals surface area contributed by atoms with Crippen LogP contribution in [0.5, 0.6) is 5.75 Å². The average molecular weight is 548 g/mol. The molecule has 1 aliphatic heterocycles. The number of rotatable bonds is 4. The molecule has 3 aliphatic carbocycles. The van der Waals surface area contributed by atoms with Gasteiger partial charge in [-0.3, -0.25) is 24.2 Å². The molecule has 6 N–H and O–H groups in total. The second kappa shape index (κ2) is 9.43. The number of Topliss-reactive ketones (excluding diaryl/α,β-unsaturated/α-hetero) is 2. The Bertz CT molecular complexity index is 1540. The number of ketones is 2. The summed E-state index contributed by atoms with van der Waals surface area (Å²) in [5.74, 6) is -5.63. The molecule has 10 nitrogen and oxygen atoms in total. The zero-order valence-electron chi connectivity index (χ0n) is 22.4. The lowest BCUT2D eigenvalue weighted by Gasteiger charge is -2.46. The number of aromatic hydroxyl groups is 1. The SMILES string of the molecule is CN(C)[C@@H]1C(O)=C(C(N)=O)C(=O)C2C(O)=C3C(=O)c4c(cc5ccc(CN6CC[C@H](O)C6)cc5c4O)C[C@H]3CC21. The van der Waals surface area contributed by atoms with Crippen LogP contribution in [0.3, 0.4) is 0 Å². The van der Waals surface area contributed by atoms with Gasteiger partial charge in [-0.05, 0) is 67.8 Å². The molecule has 0 radical (unpaired) electrons. The molecule has 10 heteroatoms. The number of β-amino-alcohol motifs (C(OH)–C–C–N with tert-alkyl or cyclic N) is 1. The number of phenols is 1. The van der Waals surface area contributed by atoms with Gasteiger partial charge in [0, 0.05) is 30.6 Å². The highest BCUT2D eigenvalue weighted by Gasteiger charge is 2.54. The van der Waals surface area contributed by atoms with E-state index in [4.69, 9.17) is 5.73 Å². The fourth-order valence-electron chi connectivity index (χ4n) is 7.39. The summed E-state index contributed by atoms with van der Waals surface area (Å²) < 4.78 is 0. The minimum atomic E-state index is -1.20. The summed E-state index contributed by atoms with van der Waals surface area (Å²) in [6, 6.07) is 6.89. The summed E-state index contributed by atoms with van der Waals surface area (Å²) in [6.45, 7) is 1.97. The van der Waals surface area contributed by atoms with Gasteiger partial charge in [0.25, 0.3) is 5.91 Å². The van der Waals surface area contributed by atoms with E-state index < -0.39 is 58.4 Å². The maximum absolute atomic E-state index is 13.9. The third-order valence-corrected chi connectivity index (χ3v) is 9.09. The fraction of sp³-hybridized carbons (Fsp3) is 0.433. The molecular formula is C30H33N3O7. The number of hydrogen-bond donors (Lipinski definition) is 5. The first kappa shape index (κ1) is 26.5.